The number of anilines is 1. The molecule has 8 heteroatoms. The van der Waals surface area contributed by atoms with Gasteiger partial charge in [0.2, 0.25) is 0 Å². The van der Waals surface area contributed by atoms with Crippen LogP contribution in [0.3, 0.4) is 0 Å². The fourth-order valence-corrected chi connectivity index (χ4v) is 2.35. The Bertz CT molecular complexity index is 958. The highest BCUT2D eigenvalue weighted by molar-refractivity contribution is 5.82. The van der Waals surface area contributed by atoms with Crippen LogP contribution in [0.5, 0.6) is 0 Å². The van der Waals surface area contributed by atoms with Crippen LogP contribution < -0.4 is 5.32 Å². The first-order valence-corrected chi connectivity index (χ1v) is 6.76. The zero-order valence-electron chi connectivity index (χ0n) is 11.6. The summed E-state index contributed by atoms with van der Waals surface area (Å²) in [5.74, 6) is 1.05. The highest BCUT2D eigenvalue weighted by atomic mass is 19.1. The van der Waals surface area contributed by atoms with Crippen molar-refractivity contribution in [3.05, 3.63) is 42.5 Å². The SMILES string of the molecule is C[C@@H](Nc1ncnc2nc[nH]c12)c1nc2ccc(F)cc2[nH]1. The standard InChI is InChI=1S/C14H12FN7/c1-7(12-21-9-3-2-8(15)4-10(9)22-12)20-14-11-13(17-5-16-11)18-6-19-14/h2-7H,1H3,(H,21,22)(H2,16,17,18,19,20)/t7-/m1/s1. The molecule has 0 spiro atoms. The summed E-state index contributed by atoms with van der Waals surface area (Å²) in [5.41, 5.74) is 2.71. The molecule has 1 aromatic carbocycles. The minimum atomic E-state index is -0.293. The molecule has 0 radical (unpaired) electrons. The van der Waals surface area contributed by atoms with Gasteiger partial charge in [-0.15, -0.1) is 0 Å². The lowest BCUT2D eigenvalue weighted by atomic mass is 10.3. The molecular weight excluding hydrogens is 285 g/mol. The topological polar surface area (TPSA) is 95.2 Å². The molecule has 4 rings (SSSR count). The monoisotopic (exact) mass is 297 g/mol. The van der Waals surface area contributed by atoms with E-state index in [1.807, 2.05) is 6.92 Å². The number of H-pyrrole nitrogens is 2. The third kappa shape index (κ3) is 2.05. The molecule has 0 fully saturated rings. The number of benzene rings is 1. The number of hydrogen-bond donors (Lipinski definition) is 3. The molecule has 0 aliphatic carbocycles. The van der Waals surface area contributed by atoms with Gasteiger partial charge in [0.25, 0.3) is 0 Å². The Morgan fingerprint density at radius 1 is 1.23 bits per heavy atom. The molecule has 1 atom stereocenters. The number of hydrogen-bond acceptors (Lipinski definition) is 5. The highest BCUT2D eigenvalue weighted by Gasteiger charge is 2.14. The fraction of sp³-hybridized carbons (Fsp3) is 0.143. The predicted octanol–water partition coefficient (Wildman–Crippen LogP) is 2.54. The van der Waals surface area contributed by atoms with Crippen molar-refractivity contribution in [1.82, 2.24) is 29.9 Å². The van der Waals surface area contributed by atoms with E-state index in [-0.39, 0.29) is 11.9 Å². The maximum atomic E-state index is 13.2. The molecule has 4 aromatic rings. The van der Waals surface area contributed by atoms with E-state index in [9.17, 15) is 4.39 Å². The van der Waals surface area contributed by atoms with Gasteiger partial charge in [-0.3, -0.25) is 0 Å². The van der Waals surface area contributed by atoms with Crippen molar-refractivity contribution in [2.45, 2.75) is 13.0 Å². The Labute approximate surface area is 124 Å². The van der Waals surface area contributed by atoms with Crippen LogP contribution in [-0.4, -0.2) is 29.9 Å². The van der Waals surface area contributed by atoms with Crippen LogP contribution in [0.25, 0.3) is 22.2 Å². The first-order chi connectivity index (χ1) is 10.7. The largest absolute Gasteiger partial charge is 0.359 e. The maximum absolute atomic E-state index is 13.2. The number of rotatable bonds is 3. The summed E-state index contributed by atoms with van der Waals surface area (Å²) in [5, 5.41) is 3.25. The Balaban J connectivity index is 1.68. The zero-order chi connectivity index (χ0) is 15.1. The second-order valence-corrected chi connectivity index (χ2v) is 4.97. The Morgan fingerprint density at radius 3 is 3.05 bits per heavy atom. The maximum Gasteiger partial charge on any atom is 0.182 e. The number of imidazole rings is 2. The predicted molar refractivity (Wildman–Crippen MR) is 79.8 cm³/mol. The third-order valence-corrected chi connectivity index (χ3v) is 3.45. The van der Waals surface area contributed by atoms with Crippen molar-refractivity contribution in [2.24, 2.45) is 0 Å². The van der Waals surface area contributed by atoms with E-state index in [0.717, 1.165) is 11.0 Å². The lowest BCUT2D eigenvalue weighted by Crippen LogP contribution is -2.10. The molecular formula is C14H12FN7. The number of aromatic nitrogens is 6. The molecule has 3 heterocycles. The number of halogens is 1. The Kier molecular flexibility index (Phi) is 2.75. The number of nitrogens with zero attached hydrogens (tertiary/aromatic N) is 4. The average molecular weight is 297 g/mol. The van der Waals surface area contributed by atoms with E-state index in [2.05, 4.69) is 35.2 Å². The summed E-state index contributed by atoms with van der Waals surface area (Å²) in [6.07, 6.45) is 3.02. The van der Waals surface area contributed by atoms with Crippen LogP contribution in [0.1, 0.15) is 18.8 Å². The zero-order valence-corrected chi connectivity index (χ0v) is 11.6. The van der Waals surface area contributed by atoms with Crippen molar-refractivity contribution in [3.8, 4) is 0 Å². The summed E-state index contributed by atoms with van der Waals surface area (Å²) in [4.78, 5) is 23.0. The third-order valence-electron chi connectivity index (χ3n) is 3.45. The molecule has 7 nitrogen and oxygen atoms in total. The van der Waals surface area contributed by atoms with Crippen LogP contribution in [-0.2, 0) is 0 Å². The highest BCUT2D eigenvalue weighted by Crippen LogP contribution is 2.22. The summed E-state index contributed by atoms with van der Waals surface area (Å²) in [7, 11) is 0. The van der Waals surface area contributed by atoms with E-state index in [0.29, 0.717) is 22.8 Å². The van der Waals surface area contributed by atoms with Crippen LogP contribution >= 0.6 is 0 Å². The quantitative estimate of drug-likeness (QED) is 0.540. The normalized spacial score (nSPS) is 12.8. The second kappa shape index (κ2) is 4.76. The van der Waals surface area contributed by atoms with Crippen molar-refractivity contribution in [2.75, 3.05) is 5.32 Å². The number of fused-ring (bicyclic) bond motifs is 2. The van der Waals surface area contributed by atoms with Crippen molar-refractivity contribution in [3.63, 3.8) is 0 Å². The first kappa shape index (κ1) is 12.7. The molecule has 0 bridgehead atoms. The Hall–Kier alpha value is -3.03. The van der Waals surface area contributed by atoms with E-state index in [4.69, 9.17) is 0 Å². The molecule has 0 saturated carbocycles. The van der Waals surface area contributed by atoms with Gasteiger partial charge in [-0.05, 0) is 25.1 Å². The average Bonchev–Trinajstić information content (AvgIpc) is 3.13. The first-order valence-electron chi connectivity index (χ1n) is 6.76. The van der Waals surface area contributed by atoms with Gasteiger partial charge in [-0.25, -0.2) is 24.3 Å². The van der Waals surface area contributed by atoms with E-state index >= 15 is 0 Å². The van der Waals surface area contributed by atoms with Gasteiger partial charge in [0.05, 0.1) is 23.4 Å². The molecule has 0 unspecified atom stereocenters. The lowest BCUT2D eigenvalue weighted by molar-refractivity contribution is 0.629. The number of aromatic amines is 2. The Morgan fingerprint density at radius 2 is 2.14 bits per heavy atom. The van der Waals surface area contributed by atoms with Crippen LogP contribution in [0.2, 0.25) is 0 Å². The van der Waals surface area contributed by atoms with Gasteiger partial charge in [-0.1, -0.05) is 0 Å². The van der Waals surface area contributed by atoms with E-state index in [1.54, 1.807) is 12.4 Å². The van der Waals surface area contributed by atoms with Gasteiger partial charge >= 0.3 is 0 Å². The van der Waals surface area contributed by atoms with Crippen LogP contribution in [0, 0.1) is 5.82 Å². The van der Waals surface area contributed by atoms with Gasteiger partial charge < -0.3 is 15.3 Å². The van der Waals surface area contributed by atoms with E-state index < -0.39 is 0 Å². The van der Waals surface area contributed by atoms with Crippen LogP contribution in [0.4, 0.5) is 10.2 Å². The van der Waals surface area contributed by atoms with E-state index in [1.165, 1.54) is 18.5 Å². The minimum absolute atomic E-state index is 0.142. The molecule has 0 aliphatic heterocycles. The molecule has 0 amide bonds. The van der Waals surface area contributed by atoms with Crippen LogP contribution in [0.15, 0.2) is 30.9 Å². The van der Waals surface area contributed by atoms with Gasteiger partial charge in [0, 0.05) is 0 Å². The van der Waals surface area contributed by atoms with Gasteiger partial charge in [-0.2, -0.15) is 0 Å². The molecule has 0 saturated heterocycles. The number of nitrogens with one attached hydrogen (secondary N) is 3. The summed E-state index contributed by atoms with van der Waals surface area (Å²) >= 11 is 0. The molecule has 22 heavy (non-hydrogen) atoms. The summed E-state index contributed by atoms with van der Waals surface area (Å²) < 4.78 is 13.2. The summed E-state index contributed by atoms with van der Waals surface area (Å²) in [6, 6.07) is 4.33. The minimum Gasteiger partial charge on any atom is -0.359 e. The van der Waals surface area contributed by atoms with Crippen molar-refractivity contribution >= 4 is 28.0 Å². The molecule has 3 N–H and O–H groups in total. The van der Waals surface area contributed by atoms with Crippen molar-refractivity contribution < 1.29 is 4.39 Å². The summed E-state index contributed by atoms with van der Waals surface area (Å²) in [6.45, 7) is 1.94. The molecule has 3 aromatic heterocycles. The van der Waals surface area contributed by atoms with Gasteiger partial charge in [0.1, 0.15) is 23.5 Å². The molecule has 110 valence electrons. The fourth-order valence-electron chi connectivity index (χ4n) is 2.35. The lowest BCUT2D eigenvalue weighted by Gasteiger charge is -2.12. The molecule has 0 aliphatic rings. The van der Waals surface area contributed by atoms with Gasteiger partial charge in [0.15, 0.2) is 11.5 Å². The second-order valence-electron chi connectivity index (χ2n) is 4.97. The van der Waals surface area contributed by atoms with Crippen molar-refractivity contribution in [1.29, 1.82) is 0 Å². The smallest absolute Gasteiger partial charge is 0.182 e.